The Morgan fingerprint density at radius 1 is 1.04 bits per heavy atom. The van der Waals surface area contributed by atoms with E-state index >= 15 is 0 Å². The number of amides is 1. The summed E-state index contributed by atoms with van der Waals surface area (Å²) in [6.45, 7) is 3.71. The first-order valence-corrected chi connectivity index (χ1v) is 9.59. The van der Waals surface area contributed by atoms with E-state index in [0.29, 0.717) is 10.7 Å². The molecule has 0 aromatic heterocycles. The summed E-state index contributed by atoms with van der Waals surface area (Å²) >= 11 is 5.97. The first kappa shape index (κ1) is 19.4. The molecule has 0 saturated heterocycles. The van der Waals surface area contributed by atoms with Crippen LogP contribution in [0.4, 0.5) is 5.69 Å². The highest BCUT2D eigenvalue weighted by atomic mass is 35.5. The van der Waals surface area contributed by atoms with Crippen LogP contribution >= 0.6 is 11.6 Å². The lowest BCUT2D eigenvalue weighted by Gasteiger charge is -2.27. The molecule has 5 heteroatoms. The molecule has 4 nitrogen and oxygen atoms in total. The Hall–Kier alpha value is -2.33. The van der Waals surface area contributed by atoms with E-state index in [1.54, 1.807) is 12.1 Å². The molecule has 0 radical (unpaired) electrons. The second kappa shape index (κ2) is 8.13. The van der Waals surface area contributed by atoms with E-state index in [1.165, 1.54) is 0 Å². The van der Waals surface area contributed by atoms with Crippen molar-refractivity contribution in [2.75, 3.05) is 11.9 Å². The van der Waals surface area contributed by atoms with Crippen LogP contribution in [0.2, 0.25) is 5.02 Å². The second-order valence-electron chi connectivity index (χ2n) is 7.22. The van der Waals surface area contributed by atoms with Gasteiger partial charge >= 0.3 is 5.97 Å². The number of ether oxygens (including phenoxy) is 1. The molecule has 0 spiro atoms. The topological polar surface area (TPSA) is 55.4 Å². The van der Waals surface area contributed by atoms with Gasteiger partial charge in [0, 0.05) is 10.7 Å². The SMILES string of the molecule is Cc1ccc(NC(=O)COC(=O)C2(c3ccc(Cl)cc3)CCCC2)cc1C. The van der Waals surface area contributed by atoms with Crippen LogP contribution in [0.5, 0.6) is 0 Å². The molecule has 2 aromatic carbocycles. The molecule has 0 unspecified atom stereocenters. The maximum atomic E-state index is 12.9. The molecule has 1 N–H and O–H groups in total. The number of carbonyl (C=O) groups is 2. The number of hydrogen-bond acceptors (Lipinski definition) is 3. The summed E-state index contributed by atoms with van der Waals surface area (Å²) < 4.78 is 5.42. The van der Waals surface area contributed by atoms with E-state index in [2.05, 4.69) is 5.32 Å². The van der Waals surface area contributed by atoms with Crippen LogP contribution in [0, 0.1) is 13.8 Å². The number of hydrogen-bond donors (Lipinski definition) is 1. The molecule has 3 rings (SSSR count). The van der Waals surface area contributed by atoms with E-state index in [0.717, 1.165) is 42.4 Å². The molecule has 1 aliphatic carbocycles. The average Bonchev–Trinajstić information content (AvgIpc) is 3.14. The van der Waals surface area contributed by atoms with Crippen LogP contribution in [-0.4, -0.2) is 18.5 Å². The molecule has 1 fully saturated rings. The Morgan fingerprint density at radius 2 is 1.70 bits per heavy atom. The van der Waals surface area contributed by atoms with E-state index < -0.39 is 5.41 Å². The molecule has 2 aromatic rings. The van der Waals surface area contributed by atoms with Crippen molar-refractivity contribution >= 4 is 29.2 Å². The Balaban J connectivity index is 1.65. The fourth-order valence-electron chi connectivity index (χ4n) is 3.64. The van der Waals surface area contributed by atoms with E-state index in [9.17, 15) is 9.59 Å². The minimum atomic E-state index is -0.675. The van der Waals surface area contributed by atoms with Gasteiger partial charge in [0.25, 0.3) is 5.91 Å². The van der Waals surface area contributed by atoms with Crippen molar-refractivity contribution in [3.63, 3.8) is 0 Å². The van der Waals surface area contributed by atoms with Gasteiger partial charge in [-0.15, -0.1) is 0 Å². The maximum absolute atomic E-state index is 12.9. The van der Waals surface area contributed by atoms with Crippen molar-refractivity contribution in [1.29, 1.82) is 0 Å². The predicted octanol–water partition coefficient (Wildman–Crippen LogP) is 4.95. The molecule has 0 heterocycles. The third kappa shape index (κ3) is 4.33. The van der Waals surface area contributed by atoms with Crippen molar-refractivity contribution in [3.8, 4) is 0 Å². The van der Waals surface area contributed by atoms with Crippen LogP contribution in [0.3, 0.4) is 0 Å². The quantitative estimate of drug-likeness (QED) is 0.741. The zero-order valence-electron chi connectivity index (χ0n) is 15.7. The maximum Gasteiger partial charge on any atom is 0.317 e. The molecule has 0 aliphatic heterocycles. The van der Waals surface area contributed by atoms with Crippen molar-refractivity contribution in [1.82, 2.24) is 0 Å². The van der Waals surface area contributed by atoms with Gasteiger partial charge in [-0.1, -0.05) is 42.6 Å². The molecule has 1 saturated carbocycles. The predicted molar refractivity (Wildman–Crippen MR) is 107 cm³/mol. The van der Waals surface area contributed by atoms with Gasteiger partial charge in [0.2, 0.25) is 0 Å². The molecule has 0 bridgehead atoms. The molecular weight excluding hydrogens is 362 g/mol. The Morgan fingerprint density at radius 3 is 2.33 bits per heavy atom. The summed E-state index contributed by atoms with van der Waals surface area (Å²) in [5, 5.41) is 3.41. The number of aryl methyl sites for hydroxylation is 2. The standard InChI is InChI=1S/C22H24ClNO3/c1-15-5-10-19(13-16(15)2)24-20(25)14-27-21(26)22(11-3-4-12-22)17-6-8-18(23)9-7-17/h5-10,13H,3-4,11-12,14H2,1-2H3,(H,24,25). The smallest absolute Gasteiger partial charge is 0.317 e. The lowest BCUT2D eigenvalue weighted by atomic mass is 9.79. The Bertz CT molecular complexity index is 839. The second-order valence-corrected chi connectivity index (χ2v) is 7.66. The third-order valence-corrected chi connectivity index (χ3v) is 5.62. The highest BCUT2D eigenvalue weighted by molar-refractivity contribution is 6.30. The van der Waals surface area contributed by atoms with E-state index in [1.807, 2.05) is 44.2 Å². The van der Waals surface area contributed by atoms with Crippen LogP contribution in [0.15, 0.2) is 42.5 Å². The van der Waals surface area contributed by atoms with Crippen LogP contribution in [0.25, 0.3) is 0 Å². The molecule has 1 amide bonds. The number of benzene rings is 2. The molecule has 1 aliphatic rings. The van der Waals surface area contributed by atoms with Crippen LogP contribution < -0.4 is 5.32 Å². The number of esters is 1. The van der Waals surface area contributed by atoms with Gasteiger partial charge in [-0.3, -0.25) is 9.59 Å². The van der Waals surface area contributed by atoms with Gasteiger partial charge in [-0.2, -0.15) is 0 Å². The highest BCUT2D eigenvalue weighted by Gasteiger charge is 2.44. The monoisotopic (exact) mass is 385 g/mol. The highest BCUT2D eigenvalue weighted by Crippen LogP contribution is 2.42. The number of rotatable bonds is 5. The van der Waals surface area contributed by atoms with E-state index in [4.69, 9.17) is 16.3 Å². The number of carbonyl (C=O) groups excluding carboxylic acids is 2. The third-order valence-electron chi connectivity index (χ3n) is 5.37. The largest absolute Gasteiger partial charge is 0.455 e. The summed E-state index contributed by atoms with van der Waals surface area (Å²) in [6, 6.07) is 13.0. The summed E-state index contributed by atoms with van der Waals surface area (Å²) in [6.07, 6.45) is 3.39. The Labute approximate surface area is 164 Å². The zero-order chi connectivity index (χ0) is 19.4. The summed E-state index contributed by atoms with van der Waals surface area (Å²) in [5.74, 6) is -0.673. The summed E-state index contributed by atoms with van der Waals surface area (Å²) in [5.41, 5.74) is 3.19. The van der Waals surface area contributed by atoms with Crippen molar-refractivity contribution < 1.29 is 14.3 Å². The first-order chi connectivity index (χ1) is 12.9. The van der Waals surface area contributed by atoms with Gasteiger partial charge < -0.3 is 10.1 Å². The summed E-state index contributed by atoms with van der Waals surface area (Å²) in [4.78, 5) is 25.1. The minimum Gasteiger partial charge on any atom is -0.455 e. The van der Waals surface area contributed by atoms with Gasteiger partial charge in [0.1, 0.15) is 0 Å². The van der Waals surface area contributed by atoms with Gasteiger partial charge in [-0.25, -0.2) is 0 Å². The summed E-state index contributed by atoms with van der Waals surface area (Å²) in [7, 11) is 0. The van der Waals surface area contributed by atoms with Gasteiger partial charge in [0.05, 0.1) is 5.41 Å². The lowest BCUT2D eigenvalue weighted by Crippen LogP contribution is -2.36. The van der Waals surface area contributed by atoms with E-state index in [-0.39, 0.29) is 18.5 Å². The normalized spacial score (nSPS) is 15.4. The fraction of sp³-hybridized carbons (Fsp3) is 0.364. The number of halogens is 1. The number of nitrogens with one attached hydrogen (secondary N) is 1. The first-order valence-electron chi connectivity index (χ1n) is 9.21. The number of anilines is 1. The zero-order valence-corrected chi connectivity index (χ0v) is 16.4. The van der Waals surface area contributed by atoms with Crippen molar-refractivity contribution in [2.24, 2.45) is 0 Å². The molecular formula is C22H24ClNO3. The molecule has 142 valence electrons. The van der Waals surface area contributed by atoms with Crippen molar-refractivity contribution in [2.45, 2.75) is 44.9 Å². The minimum absolute atomic E-state index is 0.291. The van der Waals surface area contributed by atoms with Gasteiger partial charge in [0.15, 0.2) is 6.61 Å². The molecule has 27 heavy (non-hydrogen) atoms. The van der Waals surface area contributed by atoms with Crippen LogP contribution in [-0.2, 0) is 19.7 Å². The van der Waals surface area contributed by atoms with Crippen molar-refractivity contribution in [3.05, 3.63) is 64.2 Å². The Kier molecular flexibility index (Phi) is 5.85. The lowest BCUT2D eigenvalue weighted by molar-refractivity contribution is -0.153. The average molecular weight is 386 g/mol. The van der Waals surface area contributed by atoms with Gasteiger partial charge in [-0.05, 0) is 67.6 Å². The fourth-order valence-corrected chi connectivity index (χ4v) is 3.77. The molecule has 0 atom stereocenters. The van der Waals surface area contributed by atoms with Crippen LogP contribution in [0.1, 0.15) is 42.4 Å².